The van der Waals surface area contributed by atoms with E-state index in [2.05, 4.69) is 24.4 Å². The van der Waals surface area contributed by atoms with E-state index < -0.39 is 0 Å². The Kier molecular flexibility index (Phi) is 7.67. The maximum absolute atomic E-state index is 11.9. The molecule has 0 radical (unpaired) electrons. The molecule has 0 bridgehead atoms. The Morgan fingerprint density at radius 1 is 1.15 bits per heavy atom. The van der Waals surface area contributed by atoms with E-state index in [0.717, 1.165) is 6.42 Å². The van der Waals surface area contributed by atoms with E-state index in [1.807, 2.05) is 36.4 Å². The molecule has 0 aromatic heterocycles. The zero-order chi connectivity index (χ0) is 19.6. The van der Waals surface area contributed by atoms with Crippen LogP contribution in [-0.4, -0.2) is 32.9 Å². The fourth-order valence-electron chi connectivity index (χ4n) is 2.50. The molecule has 0 aliphatic carbocycles. The maximum atomic E-state index is 11.9. The summed E-state index contributed by atoms with van der Waals surface area (Å²) < 4.78 is 16.0. The molecule has 0 spiro atoms. The molecule has 0 aliphatic heterocycles. The molecule has 2 aromatic rings. The van der Waals surface area contributed by atoms with Gasteiger partial charge in [-0.3, -0.25) is 4.79 Å². The number of para-hydroxylation sites is 1. The molecular weight excluding hydrogens is 344 g/mol. The molecule has 0 heterocycles. The lowest BCUT2D eigenvalue weighted by atomic mass is 9.99. The van der Waals surface area contributed by atoms with E-state index >= 15 is 0 Å². The van der Waals surface area contributed by atoms with Crippen LogP contribution in [0.2, 0.25) is 0 Å². The summed E-state index contributed by atoms with van der Waals surface area (Å²) in [5.74, 6) is 1.95. The van der Waals surface area contributed by atoms with Crippen molar-refractivity contribution in [2.24, 2.45) is 5.10 Å². The van der Waals surface area contributed by atoms with Crippen molar-refractivity contribution < 1.29 is 19.0 Å². The highest BCUT2D eigenvalue weighted by Crippen LogP contribution is 2.29. The second kappa shape index (κ2) is 10.2. The Morgan fingerprint density at radius 3 is 2.52 bits per heavy atom. The third-order valence-electron chi connectivity index (χ3n) is 4.26. The topological polar surface area (TPSA) is 69.2 Å². The largest absolute Gasteiger partial charge is 0.493 e. The van der Waals surface area contributed by atoms with Crippen LogP contribution in [0.4, 0.5) is 0 Å². The van der Waals surface area contributed by atoms with Crippen molar-refractivity contribution in [3.8, 4) is 17.2 Å². The van der Waals surface area contributed by atoms with Crippen LogP contribution in [-0.2, 0) is 4.79 Å². The third kappa shape index (κ3) is 5.74. The number of carbonyl (C=O) groups excluding carboxylic acids is 1. The summed E-state index contributed by atoms with van der Waals surface area (Å²) in [6, 6.07) is 13.2. The molecule has 1 N–H and O–H groups in total. The van der Waals surface area contributed by atoms with Crippen LogP contribution in [0.5, 0.6) is 17.2 Å². The van der Waals surface area contributed by atoms with Crippen LogP contribution in [0.15, 0.2) is 47.6 Å². The van der Waals surface area contributed by atoms with Gasteiger partial charge in [-0.2, -0.15) is 5.10 Å². The number of carbonyl (C=O) groups is 1. The minimum atomic E-state index is -0.348. The number of rotatable bonds is 9. The van der Waals surface area contributed by atoms with Gasteiger partial charge < -0.3 is 14.2 Å². The average Bonchev–Trinajstić information content (AvgIpc) is 2.71. The Balaban J connectivity index is 1.87. The van der Waals surface area contributed by atoms with Crippen molar-refractivity contribution in [2.45, 2.75) is 26.2 Å². The molecule has 0 aliphatic rings. The summed E-state index contributed by atoms with van der Waals surface area (Å²) in [6.07, 6.45) is 2.58. The van der Waals surface area contributed by atoms with Gasteiger partial charge in [-0.1, -0.05) is 32.0 Å². The van der Waals surface area contributed by atoms with Gasteiger partial charge in [0.05, 0.1) is 20.4 Å². The fraction of sp³-hybridized carbons (Fsp3) is 0.333. The average molecular weight is 370 g/mol. The molecule has 27 heavy (non-hydrogen) atoms. The molecule has 0 saturated heterocycles. The van der Waals surface area contributed by atoms with Crippen molar-refractivity contribution in [3.63, 3.8) is 0 Å². The summed E-state index contributed by atoms with van der Waals surface area (Å²) in [5, 5.41) is 3.95. The van der Waals surface area contributed by atoms with Gasteiger partial charge in [-0.15, -0.1) is 0 Å². The Morgan fingerprint density at radius 2 is 1.89 bits per heavy atom. The van der Waals surface area contributed by atoms with E-state index in [1.54, 1.807) is 20.3 Å². The standard InChI is InChI=1S/C21H26N2O4/c1-5-15(2)16-9-11-18(12-10-16)27-14-20(24)23-22-13-17-7-6-8-19(25-3)21(17)26-4/h6-13,15H,5,14H2,1-4H3,(H,23,24)/b22-13+. The van der Waals surface area contributed by atoms with Gasteiger partial charge >= 0.3 is 0 Å². The molecule has 2 rings (SSSR count). The van der Waals surface area contributed by atoms with Gasteiger partial charge in [0, 0.05) is 5.56 Å². The number of hydrogen-bond acceptors (Lipinski definition) is 5. The zero-order valence-electron chi connectivity index (χ0n) is 16.2. The lowest BCUT2D eigenvalue weighted by molar-refractivity contribution is -0.123. The Bertz CT molecular complexity index is 772. The summed E-state index contributed by atoms with van der Waals surface area (Å²) in [7, 11) is 3.11. The molecule has 2 aromatic carbocycles. The third-order valence-corrected chi connectivity index (χ3v) is 4.26. The lowest BCUT2D eigenvalue weighted by Crippen LogP contribution is -2.24. The second-order valence-electron chi connectivity index (χ2n) is 6.04. The van der Waals surface area contributed by atoms with E-state index in [0.29, 0.717) is 28.7 Å². The molecule has 6 heteroatoms. The van der Waals surface area contributed by atoms with Gasteiger partial charge in [-0.05, 0) is 42.2 Å². The van der Waals surface area contributed by atoms with Crippen molar-refractivity contribution in [3.05, 3.63) is 53.6 Å². The van der Waals surface area contributed by atoms with Crippen molar-refractivity contribution in [1.29, 1.82) is 0 Å². The summed E-state index contributed by atoms with van der Waals surface area (Å²) in [4.78, 5) is 11.9. The summed E-state index contributed by atoms with van der Waals surface area (Å²) in [6.45, 7) is 4.22. The molecular formula is C21H26N2O4. The molecule has 6 nitrogen and oxygen atoms in total. The van der Waals surface area contributed by atoms with Crippen molar-refractivity contribution >= 4 is 12.1 Å². The minimum Gasteiger partial charge on any atom is -0.493 e. The summed E-state index contributed by atoms with van der Waals surface area (Å²) in [5.41, 5.74) is 4.39. The summed E-state index contributed by atoms with van der Waals surface area (Å²) >= 11 is 0. The number of methoxy groups -OCH3 is 2. The van der Waals surface area contributed by atoms with Gasteiger partial charge in [0.2, 0.25) is 0 Å². The molecule has 0 saturated carbocycles. The first-order chi connectivity index (χ1) is 13.1. The predicted octanol–water partition coefficient (Wildman–Crippen LogP) is 3.75. The quantitative estimate of drug-likeness (QED) is 0.539. The number of nitrogens with zero attached hydrogens (tertiary/aromatic N) is 1. The van der Waals surface area contributed by atoms with Crippen LogP contribution < -0.4 is 19.6 Å². The number of nitrogens with one attached hydrogen (secondary N) is 1. The van der Waals surface area contributed by atoms with E-state index in [-0.39, 0.29) is 12.5 Å². The molecule has 144 valence electrons. The van der Waals surface area contributed by atoms with E-state index in [9.17, 15) is 4.79 Å². The molecule has 1 unspecified atom stereocenters. The van der Waals surface area contributed by atoms with Gasteiger partial charge in [-0.25, -0.2) is 5.43 Å². The number of amides is 1. The predicted molar refractivity (Wildman–Crippen MR) is 106 cm³/mol. The Hall–Kier alpha value is -3.02. The highest BCUT2D eigenvalue weighted by atomic mass is 16.5. The van der Waals surface area contributed by atoms with Crippen LogP contribution >= 0.6 is 0 Å². The van der Waals surface area contributed by atoms with E-state index in [4.69, 9.17) is 14.2 Å². The maximum Gasteiger partial charge on any atom is 0.277 e. The lowest BCUT2D eigenvalue weighted by Gasteiger charge is -2.10. The fourth-order valence-corrected chi connectivity index (χ4v) is 2.50. The van der Waals surface area contributed by atoms with Gasteiger partial charge in [0.1, 0.15) is 5.75 Å². The zero-order valence-corrected chi connectivity index (χ0v) is 16.2. The van der Waals surface area contributed by atoms with Gasteiger partial charge in [0.15, 0.2) is 18.1 Å². The number of hydrogen-bond donors (Lipinski definition) is 1. The van der Waals surface area contributed by atoms with Crippen LogP contribution in [0, 0.1) is 0 Å². The van der Waals surface area contributed by atoms with Crippen molar-refractivity contribution in [2.75, 3.05) is 20.8 Å². The van der Waals surface area contributed by atoms with Crippen LogP contribution in [0.1, 0.15) is 37.3 Å². The van der Waals surface area contributed by atoms with Gasteiger partial charge in [0.25, 0.3) is 5.91 Å². The minimum absolute atomic E-state index is 0.116. The molecule has 1 amide bonds. The monoisotopic (exact) mass is 370 g/mol. The second-order valence-corrected chi connectivity index (χ2v) is 6.04. The highest BCUT2D eigenvalue weighted by Gasteiger charge is 2.08. The first-order valence-corrected chi connectivity index (χ1v) is 8.84. The smallest absolute Gasteiger partial charge is 0.277 e. The Labute approximate surface area is 160 Å². The van der Waals surface area contributed by atoms with Crippen LogP contribution in [0.3, 0.4) is 0 Å². The molecule has 0 fully saturated rings. The number of benzene rings is 2. The first-order valence-electron chi connectivity index (χ1n) is 8.84. The van der Waals surface area contributed by atoms with Crippen molar-refractivity contribution in [1.82, 2.24) is 5.43 Å². The number of ether oxygens (including phenoxy) is 3. The molecule has 1 atom stereocenters. The SMILES string of the molecule is CCC(C)c1ccc(OCC(=O)N/N=C/c2cccc(OC)c2OC)cc1. The van der Waals surface area contributed by atoms with E-state index in [1.165, 1.54) is 11.8 Å². The first kappa shape index (κ1) is 20.3. The number of hydrazone groups is 1. The highest BCUT2D eigenvalue weighted by molar-refractivity contribution is 5.86. The van der Waals surface area contributed by atoms with Crippen LogP contribution in [0.25, 0.3) is 0 Å². The normalized spacial score (nSPS) is 11.9.